The summed E-state index contributed by atoms with van der Waals surface area (Å²) in [5.74, 6) is 0.321. The first-order valence-electron chi connectivity index (χ1n) is 15.3. The molecule has 1 saturated carbocycles. The van der Waals surface area contributed by atoms with Gasteiger partial charge in [-0.05, 0) is 115 Å². The molecule has 1 N–H and O–H groups in total. The molecule has 1 spiro atoms. The molecular weight excluding hydrogens is 539 g/mol. The fourth-order valence-corrected chi connectivity index (χ4v) is 8.15. The van der Waals surface area contributed by atoms with Gasteiger partial charge >= 0.3 is 6.18 Å². The van der Waals surface area contributed by atoms with Gasteiger partial charge in [-0.1, -0.05) is 52.8 Å². The monoisotopic (exact) mass is 585 g/mol. The normalized spacial score (nSPS) is 25.7. The minimum Gasteiger partial charge on any atom is -0.410 e. The number of aliphatic hydroxyl groups is 1. The largest absolute Gasteiger partial charge is 0.416 e. The maximum atomic E-state index is 13.1. The van der Waals surface area contributed by atoms with Crippen LogP contribution in [0, 0.1) is 11.3 Å². The molecule has 3 nitrogen and oxygen atoms in total. The van der Waals surface area contributed by atoms with Gasteiger partial charge in [0.25, 0.3) is 0 Å². The van der Waals surface area contributed by atoms with Crippen molar-refractivity contribution in [2.45, 2.75) is 122 Å². The third-order valence-electron chi connectivity index (χ3n) is 10.3. The van der Waals surface area contributed by atoms with Crippen molar-refractivity contribution in [1.29, 1.82) is 0 Å². The third kappa shape index (κ3) is 5.96. The highest BCUT2D eigenvalue weighted by Crippen LogP contribution is 2.61. The number of rotatable bonds is 6. The molecule has 0 aliphatic heterocycles. The van der Waals surface area contributed by atoms with E-state index in [-0.39, 0.29) is 22.5 Å². The number of pyridine rings is 1. The average Bonchev–Trinajstić information content (AvgIpc) is 3.39. The van der Waals surface area contributed by atoms with E-state index < -0.39 is 26.2 Å². The van der Waals surface area contributed by atoms with E-state index in [2.05, 4.69) is 59.9 Å². The second-order valence-corrected chi connectivity index (χ2v) is 19.5. The van der Waals surface area contributed by atoms with E-state index in [1.807, 2.05) is 0 Å². The molecular formula is C34H46F3NO2Si. The van der Waals surface area contributed by atoms with Gasteiger partial charge in [-0.15, -0.1) is 0 Å². The summed E-state index contributed by atoms with van der Waals surface area (Å²) in [5.41, 5.74) is 6.15. The van der Waals surface area contributed by atoms with E-state index in [1.54, 1.807) is 0 Å². The van der Waals surface area contributed by atoms with Crippen LogP contribution in [-0.2, 0) is 17.0 Å². The summed E-state index contributed by atoms with van der Waals surface area (Å²) in [5, 5.41) is 11.2. The minimum atomic E-state index is -4.38. The Morgan fingerprint density at radius 2 is 1.71 bits per heavy atom. The molecule has 1 aromatic heterocycles. The van der Waals surface area contributed by atoms with Crippen LogP contribution in [-0.4, -0.2) is 18.4 Å². The van der Waals surface area contributed by atoms with Crippen molar-refractivity contribution in [3.8, 4) is 0 Å². The molecule has 0 amide bonds. The molecule has 2 atom stereocenters. The summed E-state index contributed by atoms with van der Waals surface area (Å²) in [7, 11) is -2.11. The van der Waals surface area contributed by atoms with Gasteiger partial charge in [0, 0.05) is 17.0 Å². The first-order valence-corrected chi connectivity index (χ1v) is 18.2. The number of hydrogen-bond donors (Lipinski definition) is 1. The van der Waals surface area contributed by atoms with E-state index in [1.165, 1.54) is 35.3 Å². The molecule has 0 bridgehead atoms. The summed E-state index contributed by atoms with van der Waals surface area (Å²) < 4.78 is 46.4. The SMILES string of the molecule is CC(C)c1cc(C2=CCCC2)c2c(n1)CC1(CC(C(O)c3ccc(C(F)(F)F)cc3)C1)C[C@H]2O[Si](C)(C)C(C)(C)C. The summed E-state index contributed by atoms with van der Waals surface area (Å²) in [6, 6.07) is 7.32. The van der Waals surface area contributed by atoms with Crippen LogP contribution in [0.4, 0.5) is 13.2 Å². The van der Waals surface area contributed by atoms with Crippen molar-refractivity contribution in [3.63, 3.8) is 0 Å². The predicted molar refractivity (Wildman–Crippen MR) is 161 cm³/mol. The quantitative estimate of drug-likeness (QED) is 0.343. The summed E-state index contributed by atoms with van der Waals surface area (Å²) >= 11 is 0. The predicted octanol–water partition coefficient (Wildman–Crippen LogP) is 9.93. The summed E-state index contributed by atoms with van der Waals surface area (Å²) in [6.07, 6.45) is 3.97. The third-order valence-corrected chi connectivity index (χ3v) is 14.8. The Morgan fingerprint density at radius 1 is 1.05 bits per heavy atom. The smallest absolute Gasteiger partial charge is 0.410 e. The Kier molecular flexibility index (Phi) is 7.91. The van der Waals surface area contributed by atoms with E-state index in [0.717, 1.165) is 62.0 Å². The van der Waals surface area contributed by atoms with Crippen LogP contribution in [0.2, 0.25) is 18.1 Å². The van der Waals surface area contributed by atoms with Gasteiger partial charge in [0.2, 0.25) is 0 Å². The van der Waals surface area contributed by atoms with Gasteiger partial charge in [0.05, 0.1) is 17.8 Å². The van der Waals surface area contributed by atoms with Crippen molar-refractivity contribution in [2.75, 3.05) is 0 Å². The molecule has 3 aliphatic carbocycles. The molecule has 41 heavy (non-hydrogen) atoms. The number of alkyl halides is 3. The fourth-order valence-electron chi connectivity index (χ4n) is 6.88. The van der Waals surface area contributed by atoms with Crippen LogP contribution in [0.1, 0.15) is 125 Å². The lowest BCUT2D eigenvalue weighted by Gasteiger charge is -2.55. The zero-order valence-electron chi connectivity index (χ0n) is 25.7. The Labute approximate surface area is 244 Å². The topological polar surface area (TPSA) is 42.4 Å². The Bertz CT molecular complexity index is 1300. The number of aromatic nitrogens is 1. The van der Waals surface area contributed by atoms with Crippen molar-refractivity contribution >= 4 is 13.9 Å². The van der Waals surface area contributed by atoms with Gasteiger partial charge in [-0.25, -0.2) is 0 Å². The number of halogens is 3. The molecule has 2 aromatic rings. The number of fused-ring (bicyclic) bond motifs is 1. The van der Waals surface area contributed by atoms with Gasteiger partial charge in [0.15, 0.2) is 8.32 Å². The average molecular weight is 586 g/mol. The van der Waals surface area contributed by atoms with E-state index >= 15 is 0 Å². The van der Waals surface area contributed by atoms with Crippen LogP contribution in [0.25, 0.3) is 5.57 Å². The molecule has 224 valence electrons. The first kappa shape index (κ1) is 30.5. The van der Waals surface area contributed by atoms with E-state index in [0.29, 0.717) is 11.5 Å². The Morgan fingerprint density at radius 3 is 2.24 bits per heavy atom. The Balaban J connectivity index is 1.47. The molecule has 0 saturated heterocycles. The molecule has 1 fully saturated rings. The summed E-state index contributed by atoms with van der Waals surface area (Å²) in [6.45, 7) is 15.9. The lowest BCUT2D eigenvalue weighted by Crippen LogP contribution is -2.49. The zero-order valence-corrected chi connectivity index (χ0v) is 26.7. The molecule has 0 radical (unpaired) electrons. The van der Waals surface area contributed by atoms with Gasteiger partial charge in [-0.2, -0.15) is 13.2 Å². The molecule has 7 heteroatoms. The van der Waals surface area contributed by atoms with Crippen molar-refractivity contribution < 1.29 is 22.7 Å². The van der Waals surface area contributed by atoms with Crippen molar-refractivity contribution in [1.82, 2.24) is 4.98 Å². The standard InChI is InChI=1S/C34H46F3NO2Si/c1-21(2)27-16-26(22-10-8-9-11-22)30-28(38-27)19-33(20-29(30)40-41(6,7)32(3,4)5)17-24(18-33)31(39)23-12-14-25(15-13-23)34(35,36)37/h10,12-16,21,24,29,31,39H,8-9,11,17-20H2,1-7H3/t24?,29-,31?,33?/m1/s1. The van der Waals surface area contributed by atoms with Crippen LogP contribution in [0.5, 0.6) is 0 Å². The fraction of sp³-hybridized carbons (Fsp3) is 0.618. The van der Waals surface area contributed by atoms with E-state index in [9.17, 15) is 18.3 Å². The highest BCUT2D eigenvalue weighted by Gasteiger charge is 2.53. The highest BCUT2D eigenvalue weighted by molar-refractivity contribution is 6.74. The second-order valence-electron chi connectivity index (χ2n) is 14.7. The lowest BCUT2D eigenvalue weighted by molar-refractivity contribution is -0.137. The lowest BCUT2D eigenvalue weighted by atomic mass is 9.53. The summed E-state index contributed by atoms with van der Waals surface area (Å²) in [4.78, 5) is 5.26. The maximum absolute atomic E-state index is 13.1. The molecule has 5 rings (SSSR count). The van der Waals surface area contributed by atoms with Gasteiger partial charge in [0.1, 0.15) is 0 Å². The van der Waals surface area contributed by atoms with Crippen molar-refractivity contribution in [3.05, 3.63) is 70.0 Å². The van der Waals surface area contributed by atoms with Crippen LogP contribution < -0.4 is 0 Å². The van der Waals surface area contributed by atoms with Crippen LogP contribution >= 0.6 is 0 Å². The zero-order chi connectivity index (χ0) is 30.0. The van der Waals surface area contributed by atoms with Crippen LogP contribution in [0.15, 0.2) is 36.4 Å². The second kappa shape index (κ2) is 10.6. The number of aliphatic hydroxyl groups excluding tert-OH is 1. The molecule has 1 unspecified atom stereocenters. The van der Waals surface area contributed by atoms with Gasteiger partial charge < -0.3 is 9.53 Å². The molecule has 1 aromatic carbocycles. The number of hydrogen-bond acceptors (Lipinski definition) is 3. The van der Waals surface area contributed by atoms with Gasteiger partial charge in [-0.3, -0.25) is 4.98 Å². The Hall–Kier alpha value is -1.96. The minimum absolute atomic E-state index is 0.00657. The maximum Gasteiger partial charge on any atom is 0.416 e. The van der Waals surface area contributed by atoms with Crippen LogP contribution in [0.3, 0.4) is 0 Å². The molecule has 1 heterocycles. The van der Waals surface area contributed by atoms with Crippen molar-refractivity contribution in [2.24, 2.45) is 11.3 Å². The number of nitrogens with zero attached hydrogens (tertiary/aromatic N) is 1. The first-order chi connectivity index (χ1) is 19.0. The highest BCUT2D eigenvalue weighted by atomic mass is 28.4. The number of benzene rings is 1. The molecule has 3 aliphatic rings. The van der Waals surface area contributed by atoms with E-state index in [4.69, 9.17) is 9.41 Å². The number of allylic oxidation sites excluding steroid dienone is 2.